The standard InChI is InChI=1S/C20H21Cl2N6O2/c1-10-11(2)24-28(12(10)3)19-23-17-16(25(19)4)18(29)27(20(30)26(17)5)9-13-6-7-14(21)15(22)8-13/h6-8,16H,9H2,1-5H3/q+1. The predicted octanol–water partition coefficient (Wildman–Crippen LogP) is 2.84. The molecule has 4 rings (SSSR count). The van der Waals surface area contributed by atoms with Crippen LogP contribution in [0.2, 0.25) is 10.0 Å². The highest BCUT2D eigenvalue weighted by atomic mass is 35.5. The Labute approximate surface area is 184 Å². The van der Waals surface area contributed by atoms with Gasteiger partial charge in [-0.1, -0.05) is 34.3 Å². The first-order chi connectivity index (χ1) is 14.1. The monoisotopic (exact) mass is 447 g/mol. The van der Waals surface area contributed by atoms with Crippen LogP contribution in [0, 0.1) is 20.8 Å². The molecule has 0 radical (unpaired) electrons. The minimum atomic E-state index is -0.713. The first-order valence-corrected chi connectivity index (χ1v) is 10.1. The maximum Gasteiger partial charge on any atom is 0.421 e. The maximum absolute atomic E-state index is 13.3. The highest BCUT2D eigenvalue weighted by Gasteiger charge is 2.52. The Balaban J connectivity index is 1.72. The van der Waals surface area contributed by atoms with E-state index in [4.69, 9.17) is 23.2 Å². The molecule has 0 saturated carbocycles. The molecule has 1 saturated heterocycles. The van der Waals surface area contributed by atoms with Crippen LogP contribution in [0.25, 0.3) is 0 Å². The van der Waals surface area contributed by atoms with E-state index in [1.165, 1.54) is 9.80 Å². The Hall–Kier alpha value is -2.71. The van der Waals surface area contributed by atoms with Crippen molar-refractivity contribution in [3.8, 4) is 0 Å². The minimum absolute atomic E-state index is 0.0882. The van der Waals surface area contributed by atoms with Gasteiger partial charge in [-0.25, -0.2) is 9.37 Å². The second-order valence-electron chi connectivity index (χ2n) is 7.51. The summed E-state index contributed by atoms with van der Waals surface area (Å²) in [6.07, 6.45) is 0. The average molecular weight is 448 g/mol. The molecule has 10 heteroatoms. The van der Waals surface area contributed by atoms with Gasteiger partial charge in [0.05, 0.1) is 29.3 Å². The number of imide groups is 1. The third-order valence-electron chi connectivity index (χ3n) is 5.69. The Morgan fingerprint density at radius 2 is 1.83 bits per heavy atom. The number of hydrogen-bond donors (Lipinski definition) is 0. The number of fused-ring (bicyclic) bond motifs is 1. The number of carbonyl (C=O) groups excluding carboxylic acids is 2. The highest BCUT2D eigenvalue weighted by molar-refractivity contribution is 6.42. The molecule has 8 nitrogen and oxygen atoms in total. The van der Waals surface area contributed by atoms with E-state index in [0.29, 0.717) is 27.4 Å². The lowest BCUT2D eigenvalue weighted by Gasteiger charge is -2.33. The molecular weight excluding hydrogens is 427 g/mol. The summed E-state index contributed by atoms with van der Waals surface area (Å²) < 4.78 is 3.46. The summed E-state index contributed by atoms with van der Waals surface area (Å²) in [6, 6.07) is 3.89. The Morgan fingerprint density at radius 1 is 1.13 bits per heavy atom. The zero-order valence-corrected chi connectivity index (χ0v) is 18.8. The van der Waals surface area contributed by atoms with Gasteiger partial charge in [0, 0.05) is 12.6 Å². The maximum atomic E-state index is 13.3. The van der Waals surface area contributed by atoms with Crippen molar-refractivity contribution in [3.63, 3.8) is 0 Å². The number of carbonyl (C=O) groups is 2. The first kappa shape index (κ1) is 20.6. The number of benzene rings is 1. The summed E-state index contributed by atoms with van der Waals surface area (Å²) >= 11 is 12.1. The van der Waals surface area contributed by atoms with Crippen LogP contribution in [0.1, 0.15) is 22.5 Å². The number of aryl methyl sites for hydroxylation is 1. The topological polar surface area (TPSA) is 73.8 Å². The largest absolute Gasteiger partial charge is 0.421 e. The summed E-state index contributed by atoms with van der Waals surface area (Å²) in [6.45, 7) is 5.95. The van der Waals surface area contributed by atoms with E-state index >= 15 is 0 Å². The van der Waals surface area contributed by atoms with Crippen LogP contribution >= 0.6 is 23.2 Å². The molecule has 3 amide bonds. The van der Waals surface area contributed by atoms with Gasteiger partial charge in [-0.2, -0.15) is 0 Å². The van der Waals surface area contributed by atoms with Crippen LogP contribution in [-0.4, -0.2) is 68.0 Å². The highest BCUT2D eigenvalue weighted by Crippen LogP contribution is 2.26. The Morgan fingerprint density at radius 3 is 2.43 bits per heavy atom. The molecule has 2 aliphatic rings. The van der Waals surface area contributed by atoms with Gasteiger partial charge in [0.15, 0.2) is 0 Å². The van der Waals surface area contributed by atoms with Gasteiger partial charge in [-0.05, 0) is 38.5 Å². The van der Waals surface area contributed by atoms with Gasteiger partial charge in [-0.15, -0.1) is 9.78 Å². The van der Waals surface area contributed by atoms with E-state index < -0.39 is 12.1 Å². The smallest absolute Gasteiger partial charge is 0.270 e. The molecule has 1 atom stereocenters. The molecule has 0 spiro atoms. The van der Waals surface area contributed by atoms with E-state index in [-0.39, 0.29) is 12.5 Å². The fourth-order valence-corrected chi connectivity index (χ4v) is 3.99. The van der Waals surface area contributed by atoms with Crippen LogP contribution < -0.4 is 0 Å². The van der Waals surface area contributed by atoms with Gasteiger partial charge in [-0.3, -0.25) is 14.6 Å². The van der Waals surface area contributed by atoms with E-state index in [1.807, 2.05) is 20.8 Å². The number of aliphatic imine (C=N–C) groups is 1. The SMILES string of the molecule is Cc1nn(C2=[N+](C)C3C(=O)N(Cc4ccc(Cl)c(Cl)c4)C(=O)N(C)C3=N2)c(C)c1C. The summed E-state index contributed by atoms with van der Waals surface area (Å²) in [5, 5.41) is 5.33. The van der Waals surface area contributed by atoms with Crippen molar-refractivity contribution < 1.29 is 14.2 Å². The molecule has 30 heavy (non-hydrogen) atoms. The molecule has 2 aromatic rings. The molecule has 3 heterocycles. The zero-order valence-electron chi connectivity index (χ0n) is 17.3. The Bertz CT molecular complexity index is 1170. The zero-order chi connectivity index (χ0) is 21.9. The van der Waals surface area contributed by atoms with E-state index in [2.05, 4.69) is 10.1 Å². The average Bonchev–Trinajstić information content (AvgIpc) is 3.18. The molecular formula is C20H21Cl2N6O2+. The molecule has 1 aromatic heterocycles. The number of hydrogen-bond acceptors (Lipinski definition) is 4. The molecule has 0 aliphatic carbocycles. The quantitative estimate of drug-likeness (QED) is 0.664. The van der Waals surface area contributed by atoms with Crippen molar-refractivity contribution in [2.45, 2.75) is 33.4 Å². The van der Waals surface area contributed by atoms with Gasteiger partial charge in [0.2, 0.25) is 11.9 Å². The molecule has 1 unspecified atom stereocenters. The molecule has 1 aromatic carbocycles. The van der Waals surface area contributed by atoms with Crippen LogP contribution in [0.3, 0.4) is 0 Å². The van der Waals surface area contributed by atoms with Crippen molar-refractivity contribution in [2.24, 2.45) is 4.99 Å². The normalized spacial score (nSPS) is 19.0. The Kier molecular flexibility index (Phi) is 4.94. The van der Waals surface area contributed by atoms with Crippen LogP contribution in [-0.2, 0) is 11.3 Å². The third kappa shape index (κ3) is 3.02. The number of aromatic nitrogens is 2. The number of likely N-dealkylation sites (N-methyl/N-ethyl adjacent to an activating group) is 2. The lowest BCUT2D eigenvalue weighted by molar-refractivity contribution is -0.507. The van der Waals surface area contributed by atoms with Crippen molar-refractivity contribution >= 4 is 46.9 Å². The first-order valence-electron chi connectivity index (χ1n) is 9.36. The predicted molar refractivity (Wildman–Crippen MR) is 114 cm³/mol. The van der Waals surface area contributed by atoms with Crippen molar-refractivity contribution in [2.75, 3.05) is 14.1 Å². The van der Waals surface area contributed by atoms with E-state index in [0.717, 1.165) is 17.0 Å². The van der Waals surface area contributed by atoms with E-state index in [9.17, 15) is 9.59 Å². The van der Waals surface area contributed by atoms with Gasteiger partial charge in [0.25, 0.3) is 5.91 Å². The number of urea groups is 1. The van der Waals surface area contributed by atoms with Crippen molar-refractivity contribution in [3.05, 3.63) is 50.8 Å². The van der Waals surface area contributed by atoms with E-state index in [1.54, 1.807) is 41.6 Å². The number of rotatable bonds is 2. The molecule has 0 N–H and O–H groups in total. The molecule has 156 valence electrons. The van der Waals surface area contributed by atoms with Gasteiger partial charge < -0.3 is 0 Å². The third-order valence-corrected chi connectivity index (χ3v) is 6.43. The van der Waals surface area contributed by atoms with Crippen LogP contribution in [0.15, 0.2) is 23.2 Å². The number of amidine groups is 1. The lowest BCUT2D eigenvalue weighted by atomic mass is 10.1. The molecule has 0 bridgehead atoms. The summed E-state index contributed by atoms with van der Waals surface area (Å²) in [4.78, 5) is 33.5. The molecule has 2 aliphatic heterocycles. The van der Waals surface area contributed by atoms with Crippen LogP contribution in [0.4, 0.5) is 4.79 Å². The minimum Gasteiger partial charge on any atom is -0.270 e. The number of amides is 3. The lowest BCUT2D eigenvalue weighted by Crippen LogP contribution is -2.62. The second-order valence-corrected chi connectivity index (χ2v) is 8.32. The summed E-state index contributed by atoms with van der Waals surface area (Å²) in [5.41, 5.74) is 3.59. The number of nitrogens with zero attached hydrogens (tertiary/aromatic N) is 6. The van der Waals surface area contributed by atoms with Crippen molar-refractivity contribution in [1.82, 2.24) is 19.6 Å². The second kappa shape index (κ2) is 7.21. The fourth-order valence-electron chi connectivity index (χ4n) is 3.66. The van der Waals surface area contributed by atoms with Crippen LogP contribution in [0.5, 0.6) is 0 Å². The molecule has 1 fully saturated rings. The van der Waals surface area contributed by atoms with Gasteiger partial charge >= 0.3 is 12.0 Å². The fraction of sp³-hybridized carbons (Fsp3) is 0.350. The summed E-state index contributed by atoms with van der Waals surface area (Å²) in [7, 11) is 3.40. The van der Waals surface area contributed by atoms with Crippen molar-refractivity contribution in [1.29, 1.82) is 0 Å². The van der Waals surface area contributed by atoms with Gasteiger partial charge in [0.1, 0.15) is 5.69 Å². The number of halogens is 2. The summed E-state index contributed by atoms with van der Waals surface area (Å²) in [5.74, 6) is 0.546.